The van der Waals surface area contributed by atoms with E-state index in [0.29, 0.717) is 40.1 Å². The highest BCUT2D eigenvalue weighted by atomic mass is 35.5. The summed E-state index contributed by atoms with van der Waals surface area (Å²) < 4.78 is 5.80. The zero-order valence-corrected chi connectivity index (χ0v) is 13.8. The van der Waals surface area contributed by atoms with Gasteiger partial charge in [0.25, 0.3) is 0 Å². The van der Waals surface area contributed by atoms with Gasteiger partial charge in [0.15, 0.2) is 5.78 Å². The molecule has 0 aliphatic carbocycles. The summed E-state index contributed by atoms with van der Waals surface area (Å²) in [5.41, 5.74) is 8.12. The highest BCUT2D eigenvalue weighted by Crippen LogP contribution is 2.30. The second-order valence-corrected chi connectivity index (χ2v) is 6.13. The third-order valence-electron chi connectivity index (χ3n) is 3.28. The molecule has 2 N–H and O–H groups in total. The molecule has 2 aromatic carbocycles. The smallest absolute Gasteiger partial charge is 0.198 e. The maximum atomic E-state index is 12.8. The van der Waals surface area contributed by atoms with Gasteiger partial charge in [-0.15, -0.1) is 0 Å². The van der Waals surface area contributed by atoms with E-state index in [1.54, 1.807) is 36.4 Å². The maximum absolute atomic E-state index is 12.8. The van der Waals surface area contributed by atoms with Gasteiger partial charge in [-0.1, -0.05) is 37.6 Å². The van der Waals surface area contributed by atoms with E-state index in [-0.39, 0.29) is 5.78 Å². The number of hydrogen-bond acceptors (Lipinski definition) is 3. The van der Waals surface area contributed by atoms with Crippen LogP contribution in [0.2, 0.25) is 5.02 Å². The molecule has 3 nitrogen and oxygen atoms in total. The Hall–Kier alpha value is -2.00. The average Bonchev–Trinajstić information content (AvgIpc) is 2.47. The molecule has 0 fully saturated rings. The number of carbonyl (C=O) groups is 1. The van der Waals surface area contributed by atoms with Crippen molar-refractivity contribution in [3.05, 3.63) is 58.1 Å². The van der Waals surface area contributed by atoms with Crippen molar-refractivity contribution in [2.45, 2.75) is 20.8 Å². The second-order valence-electron chi connectivity index (χ2n) is 5.72. The SMILES string of the molecule is Cc1cc(OCC(C)C)c(C(=O)c2ccccc2N)cc1Cl. The fourth-order valence-electron chi connectivity index (χ4n) is 2.06. The zero-order chi connectivity index (χ0) is 16.3. The Morgan fingerprint density at radius 2 is 1.91 bits per heavy atom. The Morgan fingerprint density at radius 3 is 2.55 bits per heavy atom. The molecule has 0 unspecified atom stereocenters. The molecule has 2 rings (SSSR count). The normalized spacial score (nSPS) is 10.8. The second kappa shape index (κ2) is 6.84. The summed E-state index contributed by atoms with van der Waals surface area (Å²) in [6.45, 7) is 6.53. The largest absolute Gasteiger partial charge is 0.493 e. The van der Waals surface area contributed by atoms with E-state index in [4.69, 9.17) is 22.1 Å². The van der Waals surface area contributed by atoms with Crippen LogP contribution >= 0.6 is 11.6 Å². The van der Waals surface area contributed by atoms with Crippen molar-refractivity contribution in [2.24, 2.45) is 5.92 Å². The van der Waals surface area contributed by atoms with Gasteiger partial charge in [0, 0.05) is 16.3 Å². The third-order valence-corrected chi connectivity index (χ3v) is 3.69. The van der Waals surface area contributed by atoms with E-state index >= 15 is 0 Å². The highest BCUT2D eigenvalue weighted by molar-refractivity contribution is 6.32. The van der Waals surface area contributed by atoms with Crippen molar-refractivity contribution in [1.29, 1.82) is 0 Å². The standard InChI is InChI=1S/C18H20ClNO2/c1-11(2)10-22-17-8-12(3)15(19)9-14(17)18(21)13-6-4-5-7-16(13)20/h4-9,11H,10,20H2,1-3H3. The molecule has 0 radical (unpaired) electrons. The fraction of sp³-hybridized carbons (Fsp3) is 0.278. The molecule has 2 aromatic rings. The van der Waals surface area contributed by atoms with Gasteiger partial charge < -0.3 is 10.5 Å². The van der Waals surface area contributed by atoms with E-state index in [1.165, 1.54) is 0 Å². The zero-order valence-electron chi connectivity index (χ0n) is 13.0. The van der Waals surface area contributed by atoms with Crippen molar-refractivity contribution >= 4 is 23.1 Å². The number of rotatable bonds is 5. The molecular formula is C18H20ClNO2. The number of aryl methyl sites for hydroxylation is 1. The predicted molar refractivity (Wildman–Crippen MR) is 90.8 cm³/mol. The summed E-state index contributed by atoms with van der Waals surface area (Å²) >= 11 is 6.18. The van der Waals surface area contributed by atoms with Crippen LogP contribution in [0.1, 0.15) is 35.3 Å². The molecule has 116 valence electrons. The Morgan fingerprint density at radius 1 is 1.23 bits per heavy atom. The molecule has 22 heavy (non-hydrogen) atoms. The Labute approximate surface area is 136 Å². The lowest BCUT2D eigenvalue weighted by atomic mass is 9.99. The first-order valence-electron chi connectivity index (χ1n) is 7.22. The molecule has 0 aliphatic rings. The summed E-state index contributed by atoms with van der Waals surface area (Å²) in [7, 11) is 0. The maximum Gasteiger partial charge on any atom is 0.198 e. The molecule has 0 saturated carbocycles. The van der Waals surface area contributed by atoms with Crippen molar-refractivity contribution < 1.29 is 9.53 Å². The van der Waals surface area contributed by atoms with Crippen LogP contribution < -0.4 is 10.5 Å². The number of anilines is 1. The monoisotopic (exact) mass is 317 g/mol. The Kier molecular flexibility index (Phi) is 5.09. The molecule has 0 saturated heterocycles. The van der Waals surface area contributed by atoms with Gasteiger partial charge in [-0.25, -0.2) is 0 Å². The van der Waals surface area contributed by atoms with Crippen molar-refractivity contribution in [2.75, 3.05) is 12.3 Å². The Balaban J connectivity index is 2.46. The molecule has 0 amide bonds. The first-order valence-corrected chi connectivity index (χ1v) is 7.60. The average molecular weight is 318 g/mol. The molecule has 0 atom stereocenters. The van der Waals surface area contributed by atoms with Crippen LogP contribution in [0.5, 0.6) is 5.75 Å². The summed E-state index contributed by atoms with van der Waals surface area (Å²) in [5, 5.41) is 0.537. The van der Waals surface area contributed by atoms with Gasteiger partial charge in [-0.05, 0) is 42.7 Å². The number of benzene rings is 2. The van der Waals surface area contributed by atoms with Crippen LogP contribution in [0.25, 0.3) is 0 Å². The fourth-order valence-corrected chi connectivity index (χ4v) is 2.22. The van der Waals surface area contributed by atoms with E-state index in [9.17, 15) is 4.79 Å². The minimum Gasteiger partial charge on any atom is -0.493 e. The van der Waals surface area contributed by atoms with Crippen LogP contribution in [0.3, 0.4) is 0 Å². The lowest BCUT2D eigenvalue weighted by molar-refractivity contribution is 0.103. The van der Waals surface area contributed by atoms with Crippen molar-refractivity contribution in [3.63, 3.8) is 0 Å². The molecule has 4 heteroatoms. The number of hydrogen-bond donors (Lipinski definition) is 1. The van der Waals surface area contributed by atoms with E-state index in [2.05, 4.69) is 13.8 Å². The van der Waals surface area contributed by atoms with Crippen LogP contribution in [0.15, 0.2) is 36.4 Å². The molecule has 0 aromatic heterocycles. The number of para-hydroxylation sites is 1. The lowest BCUT2D eigenvalue weighted by Crippen LogP contribution is -2.11. The number of ether oxygens (including phenoxy) is 1. The molecule has 0 bridgehead atoms. The lowest BCUT2D eigenvalue weighted by Gasteiger charge is -2.15. The number of halogens is 1. The molecule has 0 spiro atoms. The summed E-state index contributed by atoms with van der Waals surface area (Å²) in [6, 6.07) is 10.5. The van der Waals surface area contributed by atoms with Crippen LogP contribution in [-0.2, 0) is 0 Å². The van der Waals surface area contributed by atoms with Crippen LogP contribution in [-0.4, -0.2) is 12.4 Å². The number of ketones is 1. The van der Waals surface area contributed by atoms with Gasteiger partial charge in [0.05, 0.1) is 12.2 Å². The van der Waals surface area contributed by atoms with Gasteiger partial charge in [-0.2, -0.15) is 0 Å². The molecular weight excluding hydrogens is 298 g/mol. The summed E-state index contributed by atoms with van der Waals surface area (Å²) in [6.07, 6.45) is 0. The topological polar surface area (TPSA) is 52.3 Å². The highest BCUT2D eigenvalue weighted by Gasteiger charge is 2.19. The van der Waals surface area contributed by atoms with Gasteiger partial charge in [0.2, 0.25) is 0 Å². The first-order chi connectivity index (χ1) is 10.4. The number of nitrogen functional groups attached to an aromatic ring is 1. The quantitative estimate of drug-likeness (QED) is 0.652. The Bertz CT molecular complexity index is 695. The number of nitrogens with two attached hydrogens (primary N) is 1. The minimum atomic E-state index is -0.182. The van der Waals surface area contributed by atoms with Crippen LogP contribution in [0, 0.1) is 12.8 Å². The van der Waals surface area contributed by atoms with E-state index in [1.807, 2.05) is 6.92 Å². The summed E-state index contributed by atoms with van der Waals surface area (Å²) in [4.78, 5) is 12.8. The molecule has 0 heterocycles. The van der Waals surface area contributed by atoms with Gasteiger partial charge >= 0.3 is 0 Å². The minimum absolute atomic E-state index is 0.182. The first kappa shape index (κ1) is 16.4. The molecule has 0 aliphatic heterocycles. The van der Waals surface area contributed by atoms with E-state index < -0.39 is 0 Å². The number of carbonyl (C=O) groups excluding carboxylic acids is 1. The van der Waals surface area contributed by atoms with Gasteiger partial charge in [0.1, 0.15) is 5.75 Å². The van der Waals surface area contributed by atoms with Crippen molar-refractivity contribution in [3.8, 4) is 5.75 Å². The van der Waals surface area contributed by atoms with E-state index in [0.717, 1.165) is 5.56 Å². The van der Waals surface area contributed by atoms with Gasteiger partial charge in [-0.3, -0.25) is 4.79 Å². The third kappa shape index (κ3) is 3.60. The predicted octanol–water partition coefficient (Wildman–Crippen LogP) is 4.50. The van der Waals surface area contributed by atoms with Crippen molar-refractivity contribution in [1.82, 2.24) is 0 Å². The van der Waals surface area contributed by atoms with Crippen LogP contribution in [0.4, 0.5) is 5.69 Å². The summed E-state index contributed by atoms with van der Waals surface area (Å²) in [5.74, 6) is 0.725.